The van der Waals surface area contributed by atoms with Gasteiger partial charge in [-0.3, -0.25) is 4.79 Å². The van der Waals surface area contributed by atoms with Crippen LogP contribution in [0.4, 0.5) is 4.79 Å². The Balaban J connectivity index is 2.12. The van der Waals surface area contributed by atoms with Gasteiger partial charge in [-0.05, 0) is 40.0 Å². The Kier molecular flexibility index (Phi) is 3.95. The zero-order valence-electron chi connectivity index (χ0n) is 12.3. The summed E-state index contributed by atoms with van der Waals surface area (Å²) < 4.78 is 11.1. The minimum Gasteiger partial charge on any atom is -0.481 e. The van der Waals surface area contributed by atoms with Gasteiger partial charge < -0.3 is 19.5 Å². The summed E-state index contributed by atoms with van der Waals surface area (Å²) in [6.07, 6.45) is 2.10. The second kappa shape index (κ2) is 5.24. The number of carboxylic acids is 1. The van der Waals surface area contributed by atoms with Crippen molar-refractivity contribution in [2.75, 3.05) is 19.7 Å². The highest BCUT2D eigenvalue weighted by atomic mass is 16.6. The highest BCUT2D eigenvalue weighted by Crippen LogP contribution is 2.39. The zero-order chi connectivity index (χ0) is 15.0. The molecule has 0 bridgehead atoms. The number of hydrogen-bond acceptors (Lipinski definition) is 4. The van der Waals surface area contributed by atoms with Crippen LogP contribution in [0.1, 0.15) is 40.0 Å². The van der Waals surface area contributed by atoms with Crippen molar-refractivity contribution in [3.8, 4) is 0 Å². The molecule has 0 aromatic rings. The van der Waals surface area contributed by atoms with E-state index in [0.29, 0.717) is 19.6 Å². The summed E-state index contributed by atoms with van der Waals surface area (Å²) in [7, 11) is 0. The molecule has 0 saturated carbocycles. The van der Waals surface area contributed by atoms with Crippen molar-refractivity contribution in [1.82, 2.24) is 4.90 Å². The van der Waals surface area contributed by atoms with Crippen molar-refractivity contribution in [1.29, 1.82) is 0 Å². The van der Waals surface area contributed by atoms with E-state index < -0.39 is 29.2 Å². The summed E-state index contributed by atoms with van der Waals surface area (Å²) in [4.78, 5) is 25.0. The molecule has 0 aromatic carbocycles. The van der Waals surface area contributed by atoms with Gasteiger partial charge in [0.25, 0.3) is 0 Å². The van der Waals surface area contributed by atoms with Crippen LogP contribution in [-0.2, 0) is 14.3 Å². The molecule has 0 aliphatic carbocycles. The number of carbonyl (C=O) groups is 2. The van der Waals surface area contributed by atoms with Crippen LogP contribution in [0.2, 0.25) is 0 Å². The Morgan fingerprint density at radius 1 is 1.35 bits per heavy atom. The molecule has 20 heavy (non-hydrogen) atoms. The van der Waals surface area contributed by atoms with E-state index >= 15 is 0 Å². The number of amides is 1. The normalized spacial score (nSPS) is 30.6. The Morgan fingerprint density at radius 3 is 2.55 bits per heavy atom. The quantitative estimate of drug-likeness (QED) is 0.796. The standard InChI is InChI=1S/C14H23NO5/c1-13(2,3)20-12(18)15-8-10(11(16)17)14(9-15)6-4-5-7-19-14/h10H,4-9H2,1-3H3,(H,16,17). The molecule has 2 rings (SSSR count). The largest absolute Gasteiger partial charge is 0.481 e. The first kappa shape index (κ1) is 15.1. The van der Waals surface area contributed by atoms with Crippen molar-refractivity contribution in [2.24, 2.45) is 5.92 Å². The maximum absolute atomic E-state index is 12.1. The molecule has 2 saturated heterocycles. The minimum absolute atomic E-state index is 0.157. The first-order valence-corrected chi connectivity index (χ1v) is 7.08. The summed E-state index contributed by atoms with van der Waals surface area (Å²) in [5.41, 5.74) is -1.32. The number of likely N-dealkylation sites (tertiary alicyclic amines) is 1. The molecule has 1 amide bonds. The molecule has 114 valence electrons. The maximum Gasteiger partial charge on any atom is 0.410 e. The molecule has 2 atom stereocenters. The van der Waals surface area contributed by atoms with E-state index in [1.807, 2.05) is 0 Å². The predicted octanol–water partition coefficient (Wildman–Crippen LogP) is 1.88. The van der Waals surface area contributed by atoms with Crippen molar-refractivity contribution in [3.05, 3.63) is 0 Å². The number of aliphatic carboxylic acids is 1. The Morgan fingerprint density at radius 2 is 2.05 bits per heavy atom. The van der Waals surface area contributed by atoms with Crippen LogP contribution in [0.3, 0.4) is 0 Å². The van der Waals surface area contributed by atoms with Gasteiger partial charge in [0.05, 0.1) is 6.54 Å². The molecule has 2 fully saturated rings. The van der Waals surface area contributed by atoms with Gasteiger partial charge >= 0.3 is 12.1 Å². The molecular formula is C14H23NO5. The third-order valence-electron chi connectivity index (χ3n) is 3.83. The van der Waals surface area contributed by atoms with Gasteiger partial charge in [0.2, 0.25) is 0 Å². The summed E-state index contributed by atoms with van der Waals surface area (Å²) in [6.45, 7) is 6.41. The monoisotopic (exact) mass is 285 g/mol. The number of rotatable bonds is 1. The SMILES string of the molecule is CC(C)(C)OC(=O)N1CC(C(=O)O)C2(CCCCO2)C1. The van der Waals surface area contributed by atoms with E-state index in [0.717, 1.165) is 12.8 Å². The lowest BCUT2D eigenvalue weighted by Gasteiger charge is -2.36. The lowest BCUT2D eigenvalue weighted by atomic mass is 9.84. The van der Waals surface area contributed by atoms with Gasteiger partial charge in [-0.15, -0.1) is 0 Å². The van der Waals surface area contributed by atoms with Gasteiger partial charge in [0.1, 0.15) is 17.1 Å². The molecule has 0 aromatic heterocycles. The van der Waals surface area contributed by atoms with Gasteiger partial charge in [-0.25, -0.2) is 4.79 Å². The summed E-state index contributed by atoms with van der Waals surface area (Å²) in [5.74, 6) is -1.58. The van der Waals surface area contributed by atoms with E-state index in [1.54, 1.807) is 20.8 Å². The molecule has 2 aliphatic heterocycles. The van der Waals surface area contributed by atoms with Crippen LogP contribution in [0, 0.1) is 5.92 Å². The Bertz CT molecular complexity index is 395. The van der Waals surface area contributed by atoms with E-state index in [-0.39, 0.29) is 6.54 Å². The molecule has 1 N–H and O–H groups in total. The molecule has 2 aliphatic rings. The number of carboxylic acid groups (broad SMARTS) is 1. The first-order chi connectivity index (χ1) is 9.23. The molecule has 0 radical (unpaired) electrons. The van der Waals surface area contributed by atoms with Gasteiger partial charge in [-0.2, -0.15) is 0 Å². The summed E-state index contributed by atoms with van der Waals surface area (Å²) in [5, 5.41) is 9.40. The van der Waals surface area contributed by atoms with Crippen LogP contribution in [-0.4, -0.2) is 53.0 Å². The van der Waals surface area contributed by atoms with Gasteiger partial charge in [-0.1, -0.05) is 0 Å². The topological polar surface area (TPSA) is 76.1 Å². The molecule has 2 unspecified atom stereocenters. The van der Waals surface area contributed by atoms with Crippen LogP contribution < -0.4 is 0 Å². The summed E-state index contributed by atoms with van der Waals surface area (Å²) in [6, 6.07) is 0. The number of hydrogen-bond donors (Lipinski definition) is 1. The molecule has 6 heteroatoms. The minimum atomic E-state index is -0.905. The van der Waals surface area contributed by atoms with Crippen molar-refractivity contribution in [3.63, 3.8) is 0 Å². The maximum atomic E-state index is 12.1. The molecule has 1 spiro atoms. The second-order valence-electron chi connectivity index (χ2n) is 6.62. The van der Waals surface area contributed by atoms with E-state index in [1.165, 1.54) is 4.90 Å². The van der Waals surface area contributed by atoms with Gasteiger partial charge in [0.15, 0.2) is 0 Å². The Labute approximate surface area is 119 Å². The lowest BCUT2D eigenvalue weighted by Crippen LogP contribution is -2.47. The fraction of sp³-hybridized carbons (Fsp3) is 0.857. The van der Waals surface area contributed by atoms with Gasteiger partial charge in [0, 0.05) is 13.2 Å². The highest BCUT2D eigenvalue weighted by molar-refractivity contribution is 5.76. The summed E-state index contributed by atoms with van der Waals surface area (Å²) >= 11 is 0. The molecule has 2 heterocycles. The Hall–Kier alpha value is -1.30. The lowest BCUT2D eigenvalue weighted by molar-refractivity contribution is -0.157. The zero-order valence-corrected chi connectivity index (χ0v) is 12.3. The smallest absolute Gasteiger partial charge is 0.410 e. The van der Waals surface area contributed by atoms with Crippen molar-refractivity contribution in [2.45, 2.75) is 51.2 Å². The predicted molar refractivity (Wildman–Crippen MR) is 71.5 cm³/mol. The number of ether oxygens (including phenoxy) is 2. The third-order valence-corrected chi connectivity index (χ3v) is 3.83. The van der Waals surface area contributed by atoms with E-state index in [4.69, 9.17) is 9.47 Å². The average molecular weight is 285 g/mol. The first-order valence-electron chi connectivity index (χ1n) is 7.08. The fourth-order valence-electron chi connectivity index (χ4n) is 2.93. The number of nitrogens with zero attached hydrogens (tertiary/aromatic N) is 1. The van der Waals surface area contributed by atoms with E-state index in [2.05, 4.69) is 0 Å². The average Bonchev–Trinajstić information content (AvgIpc) is 2.67. The fourth-order valence-corrected chi connectivity index (χ4v) is 2.93. The van der Waals surface area contributed by atoms with Crippen molar-refractivity contribution >= 4 is 12.1 Å². The van der Waals surface area contributed by atoms with E-state index in [9.17, 15) is 14.7 Å². The second-order valence-corrected chi connectivity index (χ2v) is 6.62. The van der Waals surface area contributed by atoms with Crippen molar-refractivity contribution < 1.29 is 24.2 Å². The molecular weight excluding hydrogens is 262 g/mol. The van der Waals surface area contributed by atoms with Crippen LogP contribution >= 0.6 is 0 Å². The van der Waals surface area contributed by atoms with Crippen LogP contribution in [0.25, 0.3) is 0 Å². The highest BCUT2D eigenvalue weighted by Gasteiger charge is 2.53. The molecule has 6 nitrogen and oxygen atoms in total. The number of carbonyl (C=O) groups excluding carboxylic acids is 1. The third kappa shape index (κ3) is 3.06. The van der Waals surface area contributed by atoms with Crippen LogP contribution in [0.5, 0.6) is 0 Å². The van der Waals surface area contributed by atoms with Crippen LogP contribution in [0.15, 0.2) is 0 Å².